The molecule has 17 heavy (non-hydrogen) atoms. The molecular weight excluding hydrogens is 323 g/mol. The van der Waals surface area contributed by atoms with Gasteiger partial charge in [0.2, 0.25) is 0 Å². The number of rotatable bonds is 3. The second kappa shape index (κ2) is 5.46. The summed E-state index contributed by atoms with van der Waals surface area (Å²) in [4.78, 5) is 0. The minimum absolute atomic E-state index is 0.622. The topological polar surface area (TPSA) is 38.0 Å². The summed E-state index contributed by atoms with van der Waals surface area (Å²) in [5.74, 6) is 1.66. The summed E-state index contributed by atoms with van der Waals surface area (Å²) in [5, 5.41) is 3.69. The molecule has 1 fully saturated rings. The third-order valence-corrected chi connectivity index (χ3v) is 4.98. The molecule has 3 unspecified atom stereocenters. The standard InChI is InChI=1S/C14H21IN2/c1-3-10-4-6-13(9(10)2)17-14-7-5-11(16)8-12(14)15/h5,7-10,13,17H,3-4,6,16H2,1-2H3. The molecule has 1 aromatic carbocycles. The zero-order valence-corrected chi connectivity index (χ0v) is 12.7. The summed E-state index contributed by atoms with van der Waals surface area (Å²) in [6, 6.07) is 6.72. The van der Waals surface area contributed by atoms with Crippen LogP contribution in [-0.2, 0) is 0 Å². The number of nitrogens with two attached hydrogens (primary N) is 1. The summed E-state index contributed by atoms with van der Waals surface area (Å²) in [6.07, 6.45) is 3.96. The normalized spacial score (nSPS) is 28.3. The van der Waals surface area contributed by atoms with Crippen molar-refractivity contribution in [1.82, 2.24) is 0 Å². The summed E-state index contributed by atoms with van der Waals surface area (Å²) in [5.41, 5.74) is 7.84. The van der Waals surface area contributed by atoms with Gasteiger partial charge in [0, 0.05) is 21.0 Å². The Morgan fingerprint density at radius 2 is 2.18 bits per heavy atom. The van der Waals surface area contributed by atoms with Crippen LogP contribution in [0.5, 0.6) is 0 Å². The predicted octanol–water partition coefficient (Wildman–Crippen LogP) is 4.11. The Balaban J connectivity index is 2.06. The maximum Gasteiger partial charge on any atom is 0.0479 e. The van der Waals surface area contributed by atoms with Crippen LogP contribution in [0.2, 0.25) is 0 Å². The summed E-state index contributed by atoms with van der Waals surface area (Å²) < 4.78 is 1.22. The number of benzene rings is 1. The monoisotopic (exact) mass is 344 g/mol. The van der Waals surface area contributed by atoms with Gasteiger partial charge in [-0.2, -0.15) is 0 Å². The van der Waals surface area contributed by atoms with Gasteiger partial charge >= 0.3 is 0 Å². The van der Waals surface area contributed by atoms with Crippen LogP contribution in [0.15, 0.2) is 18.2 Å². The van der Waals surface area contributed by atoms with Crippen molar-refractivity contribution in [1.29, 1.82) is 0 Å². The smallest absolute Gasteiger partial charge is 0.0479 e. The molecule has 0 bridgehead atoms. The Labute approximate surface area is 117 Å². The zero-order valence-electron chi connectivity index (χ0n) is 10.5. The second-order valence-corrected chi connectivity index (χ2v) is 6.26. The highest BCUT2D eigenvalue weighted by atomic mass is 127. The number of hydrogen-bond acceptors (Lipinski definition) is 2. The Morgan fingerprint density at radius 3 is 2.76 bits per heavy atom. The van der Waals surface area contributed by atoms with Gasteiger partial charge in [0.05, 0.1) is 0 Å². The van der Waals surface area contributed by atoms with E-state index in [1.165, 1.54) is 28.5 Å². The van der Waals surface area contributed by atoms with Gasteiger partial charge in [-0.05, 0) is 65.5 Å². The molecule has 0 aromatic heterocycles. The van der Waals surface area contributed by atoms with Crippen LogP contribution < -0.4 is 11.1 Å². The van der Waals surface area contributed by atoms with E-state index in [0.29, 0.717) is 6.04 Å². The highest BCUT2D eigenvalue weighted by molar-refractivity contribution is 14.1. The first-order valence-electron chi connectivity index (χ1n) is 6.43. The molecule has 0 saturated heterocycles. The molecule has 2 rings (SSSR count). The first-order valence-corrected chi connectivity index (χ1v) is 7.51. The van der Waals surface area contributed by atoms with Crippen LogP contribution in [-0.4, -0.2) is 6.04 Å². The molecule has 1 saturated carbocycles. The minimum atomic E-state index is 0.622. The van der Waals surface area contributed by atoms with Gasteiger partial charge in [-0.25, -0.2) is 0 Å². The number of nitrogen functional groups attached to an aromatic ring is 1. The van der Waals surface area contributed by atoms with Crippen LogP contribution in [0, 0.1) is 15.4 Å². The molecule has 0 heterocycles. The van der Waals surface area contributed by atoms with E-state index in [2.05, 4.69) is 47.8 Å². The third-order valence-electron chi connectivity index (χ3n) is 4.09. The van der Waals surface area contributed by atoms with Gasteiger partial charge < -0.3 is 11.1 Å². The lowest BCUT2D eigenvalue weighted by molar-refractivity contribution is 0.392. The molecule has 0 spiro atoms. The molecule has 3 heteroatoms. The molecule has 0 radical (unpaired) electrons. The Kier molecular flexibility index (Phi) is 4.17. The molecule has 94 valence electrons. The van der Waals surface area contributed by atoms with Crippen LogP contribution in [0.4, 0.5) is 11.4 Å². The van der Waals surface area contributed by atoms with Crippen molar-refractivity contribution in [3.8, 4) is 0 Å². The molecular formula is C14H21IN2. The fraction of sp³-hybridized carbons (Fsp3) is 0.571. The van der Waals surface area contributed by atoms with Crippen molar-refractivity contribution in [3.63, 3.8) is 0 Å². The lowest BCUT2D eigenvalue weighted by Crippen LogP contribution is -2.25. The number of nitrogens with one attached hydrogen (secondary N) is 1. The van der Waals surface area contributed by atoms with Crippen LogP contribution in [0.1, 0.15) is 33.1 Å². The second-order valence-electron chi connectivity index (χ2n) is 5.09. The van der Waals surface area contributed by atoms with Gasteiger partial charge in [0.15, 0.2) is 0 Å². The largest absolute Gasteiger partial charge is 0.399 e. The van der Waals surface area contributed by atoms with Crippen molar-refractivity contribution in [2.24, 2.45) is 11.8 Å². The fourth-order valence-corrected chi connectivity index (χ4v) is 3.57. The summed E-state index contributed by atoms with van der Waals surface area (Å²) in [7, 11) is 0. The van der Waals surface area contributed by atoms with Crippen molar-refractivity contribution in [2.75, 3.05) is 11.1 Å². The highest BCUT2D eigenvalue weighted by Crippen LogP contribution is 2.36. The first-order chi connectivity index (χ1) is 8.11. The van der Waals surface area contributed by atoms with Crippen molar-refractivity contribution >= 4 is 34.0 Å². The average molecular weight is 344 g/mol. The van der Waals surface area contributed by atoms with Crippen molar-refractivity contribution in [2.45, 2.75) is 39.2 Å². The average Bonchev–Trinajstić information content (AvgIpc) is 2.64. The molecule has 1 aromatic rings. The van der Waals surface area contributed by atoms with E-state index in [4.69, 9.17) is 5.73 Å². The first kappa shape index (κ1) is 13.0. The van der Waals surface area contributed by atoms with E-state index < -0.39 is 0 Å². The predicted molar refractivity (Wildman–Crippen MR) is 83.2 cm³/mol. The molecule has 1 aliphatic rings. The quantitative estimate of drug-likeness (QED) is 0.640. The van der Waals surface area contributed by atoms with E-state index in [1.54, 1.807) is 0 Å². The van der Waals surface area contributed by atoms with Crippen molar-refractivity contribution < 1.29 is 0 Å². The fourth-order valence-electron chi connectivity index (χ4n) is 2.88. The Hall–Kier alpha value is -0.450. The molecule has 2 nitrogen and oxygen atoms in total. The van der Waals surface area contributed by atoms with E-state index in [1.807, 2.05) is 12.1 Å². The van der Waals surface area contributed by atoms with Gasteiger partial charge in [-0.3, -0.25) is 0 Å². The summed E-state index contributed by atoms with van der Waals surface area (Å²) in [6.45, 7) is 4.68. The Bertz CT molecular complexity index is 392. The third kappa shape index (κ3) is 2.87. The number of hydrogen-bond donors (Lipinski definition) is 2. The van der Waals surface area contributed by atoms with Gasteiger partial charge in [-0.15, -0.1) is 0 Å². The van der Waals surface area contributed by atoms with E-state index in [9.17, 15) is 0 Å². The highest BCUT2D eigenvalue weighted by Gasteiger charge is 2.31. The van der Waals surface area contributed by atoms with Gasteiger partial charge in [0.1, 0.15) is 0 Å². The van der Waals surface area contributed by atoms with E-state index in [0.717, 1.165) is 17.5 Å². The van der Waals surface area contributed by atoms with Gasteiger partial charge in [0.25, 0.3) is 0 Å². The Morgan fingerprint density at radius 1 is 1.41 bits per heavy atom. The number of anilines is 2. The van der Waals surface area contributed by atoms with Crippen molar-refractivity contribution in [3.05, 3.63) is 21.8 Å². The zero-order chi connectivity index (χ0) is 12.4. The van der Waals surface area contributed by atoms with Gasteiger partial charge in [-0.1, -0.05) is 20.3 Å². The van der Waals surface area contributed by atoms with Crippen LogP contribution >= 0.6 is 22.6 Å². The molecule has 0 amide bonds. The van der Waals surface area contributed by atoms with Crippen LogP contribution in [0.3, 0.4) is 0 Å². The molecule has 3 atom stereocenters. The maximum atomic E-state index is 5.77. The SMILES string of the molecule is CCC1CCC(Nc2ccc(N)cc2I)C1C. The van der Waals surface area contributed by atoms with E-state index >= 15 is 0 Å². The lowest BCUT2D eigenvalue weighted by atomic mass is 9.93. The molecule has 1 aliphatic carbocycles. The molecule has 3 N–H and O–H groups in total. The minimum Gasteiger partial charge on any atom is -0.399 e. The molecule has 0 aliphatic heterocycles. The summed E-state index contributed by atoms with van der Waals surface area (Å²) >= 11 is 2.35. The maximum absolute atomic E-state index is 5.77. The number of halogens is 1. The lowest BCUT2D eigenvalue weighted by Gasteiger charge is -2.22. The van der Waals surface area contributed by atoms with Crippen LogP contribution in [0.25, 0.3) is 0 Å². The van der Waals surface area contributed by atoms with E-state index in [-0.39, 0.29) is 0 Å².